The van der Waals surface area contributed by atoms with Gasteiger partial charge in [0.25, 0.3) is 0 Å². The molecular weight excluding hydrogens is 356 g/mol. The predicted molar refractivity (Wildman–Crippen MR) is 91.7 cm³/mol. The summed E-state index contributed by atoms with van der Waals surface area (Å²) < 4.78 is 0.969. The van der Waals surface area contributed by atoms with E-state index in [0.29, 0.717) is 17.3 Å². The van der Waals surface area contributed by atoms with Crippen molar-refractivity contribution in [3.63, 3.8) is 0 Å². The van der Waals surface area contributed by atoms with Crippen LogP contribution >= 0.6 is 15.9 Å². The lowest BCUT2D eigenvalue weighted by atomic mass is 10.2. The van der Waals surface area contributed by atoms with Crippen LogP contribution < -0.4 is 10.6 Å². The molecular formula is C16H11BrN6. The van der Waals surface area contributed by atoms with E-state index in [1.807, 2.05) is 30.3 Å². The Bertz CT molecular complexity index is 874. The van der Waals surface area contributed by atoms with Gasteiger partial charge in [0.15, 0.2) is 5.82 Å². The molecule has 0 bridgehead atoms. The van der Waals surface area contributed by atoms with Gasteiger partial charge in [0, 0.05) is 15.8 Å². The topological polar surface area (TPSA) is 86.5 Å². The van der Waals surface area contributed by atoms with Crippen molar-refractivity contribution in [1.29, 1.82) is 5.26 Å². The minimum absolute atomic E-state index is 0.347. The second-order valence-corrected chi connectivity index (χ2v) is 5.53. The Kier molecular flexibility index (Phi) is 4.45. The number of nitriles is 1. The monoisotopic (exact) mass is 366 g/mol. The molecule has 6 nitrogen and oxygen atoms in total. The van der Waals surface area contributed by atoms with E-state index in [0.717, 1.165) is 15.8 Å². The van der Waals surface area contributed by atoms with Crippen molar-refractivity contribution in [3.8, 4) is 6.07 Å². The van der Waals surface area contributed by atoms with Crippen molar-refractivity contribution in [1.82, 2.24) is 15.2 Å². The lowest BCUT2D eigenvalue weighted by Gasteiger charge is -2.08. The second-order valence-electron chi connectivity index (χ2n) is 4.62. The Labute approximate surface area is 141 Å². The molecule has 0 fully saturated rings. The third kappa shape index (κ3) is 4.02. The van der Waals surface area contributed by atoms with E-state index in [9.17, 15) is 0 Å². The van der Waals surface area contributed by atoms with Crippen LogP contribution in [0.15, 0.2) is 59.2 Å². The van der Waals surface area contributed by atoms with Gasteiger partial charge >= 0.3 is 0 Å². The molecule has 0 radical (unpaired) electrons. The summed E-state index contributed by atoms with van der Waals surface area (Å²) in [6.07, 6.45) is 1.54. The fourth-order valence-electron chi connectivity index (χ4n) is 1.93. The van der Waals surface area contributed by atoms with Crippen LogP contribution in [0.25, 0.3) is 0 Å². The number of nitrogens with one attached hydrogen (secondary N) is 2. The van der Waals surface area contributed by atoms with Crippen LogP contribution in [0.5, 0.6) is 0 Å². The van der Waals surface area contributed by atoms with Gasteiger partial charge in [0.1, 0.15) is 0 Å². The van der Waals surface area contributed by atoms with Crippen LogP contribution in [-0.2, 0) is 0 Å². The molecule has 0 unspecified atom stereocenters. The Balaban J connectivity index is 1.78. The highest BCUT2D eigenvalue weighted by molar-refractivity contribution is 9.10. The average molecular weight is 367 g/mol. The van der Waals surface area contributed by atoms with Gasteiger partial charge in [-0.25, -0.2) is 0 Å². The standard InChI is InChI=1S/C16H11BrN6/c17-12-4-2-6-14(8-12)20-15-10-19-23-16(22-15)21-13-5-1-3-11(7-13)9-18/h1-8,10H,(H2,20,21,22,23). The zero-order valence-electron chi connectivity index (χ0n) is 11.9. The molecule has 2 aromatic carbocycles. The zero-order valence-corrected chi connectivity index (χ0v) is 13.4. The van der Waals surface area contributed by atoms with Gasteiger partial charge in [-0.2, -0.15) is 15.3 Å². The summed E-state index contributed by atoms with van der Waals surface area (Å²) in [6, 6.07) is 16.9. The maximum Gasteiger partial charge on any atom is 0.249 e. The van der Waals surface area contributed by atoms with E-state index in [1.165, 1.54) is 6.20 Å². The smallest absolute Gasteiger partial charge is 0.249 e. The van der Waals surface area contributed by atoms with Crippen LogP contribution in [-0.4, -0.2) is 15.2 Å². The summed E-state index contributed by atoms with van der Waals surface area (Å²) in [7, 11) is 0. The first-order valence-electron chi connectivity index (χ1n) is 6.72. The number of halogens is 1. The zero-order chi connectivity index (χ0) is 16.1. The fraction of sp³-hybridized carbons (Fsp3) is 0. The molecule has 7 heteroatoms. The van der Waals surface area contributed by atoms with Crippen LogP contribution in [0.3, 0.4) is 0 Å². The van der Waals surface area contributed by atoms with Crippen molar-refractivity contribution in [2.24, 2.45) is 0 Å². The molecule has 0 spiro atoms. The van der Waals surface area contributed by atoms with Crippen molar-refractivity contribution in [2.45, 2.75) is 0 Å². The van der Waals surface area contributed by atoms with Gasteiger partial charge in [0.05, 0.1) is 17.8 Å². The molecule has 3 aromatic rings. The molecule has 0 atom stereocenters. The third-order valence-corrected chi connectivity index (χ3v) is 3.40. The van der Waals surface area contributed by atoms with Crippen molar-refractivity contribution >= 4 is 39.1 Å². The van der Waals surface area contributed by atoms with E-state index in [2.05, 4.69) is 47.8 Å². The first kappa shape index (κ1) is 14.9. The number of nitrogens with zero attached hydrogens (tertiary/aromatic N) is 4. The van der Waals surface area contributed by atoms with Gasteiger partial charge < -0.3 is 10.6 Å². The van der Waals surface area contributed by atoms with E-state index >= 15 is 0 Å². The van der Waals surface area contributed by atoms with Gasteiger partial charge in [-0.3, -0.25) is 0 Å². The third-order valence-electron chi connectivity index (χ3n) is 2.90. The van der Waals surface area contributed by atoms with Crippen molar-refractivity contribution in [2.75, 3.05) is 10.6 Å². The molecule has 3 rings (SSSR count). The Morgan fingerprint density at radius 3 is 2.57 bits per heavy atom. The lowest BCUT2D eigenvalue weighted by Crippen LogP contribution is -2.02. The molecule has 0 aliphatic rings. The fourth-order valence-corrected chi connectivity index (χ4v) is 2.33. The Morgan fingerprint density at radius 2 is 1.78 bits per heavy atom. The lowest BCUT2D eigenvalue weighted by molar-refractivity contribution is 0.982. The highest BCUT2D eigenvalue weighted by atomic mass is 79.9. The number of aromatic nitrogens is 3. The molecule has 112 valence electrons. The normalized spacial score (nSPS) is 9.91. The summed E-state index contributed by atoms with van der Waals surface area (Å²) in [5, 5.41) is 23.0. The first-order valence-corrected chi connectivity index (χ1v) is 7.52. The first-order chi connectivity index (χ1) is 11.2. The molecule has 0 aliphatic carbocycles. The summed E-state index contributed by atoms with van der Waals surface area (Å²) in [5.74, 6) is 0.914. The highest BCUT2D eigenvalue weighted by Crippen LogP contribution is 2.20. The summed E-state index contributed by atoms with van der Waals surface area (Å²) >= 11 is 3.42. The Morgan fingerprint density at radius 1 is 1.00 bits per heavy atom. The van der Waals surface area contributed by atoms with Gasteiger partial charge in [-0.15, -0.1) is 5.10 Å². The molecule has 0 amide bonds. The summed E-state index contributed by atoms with van der Waals surface area (Å²) in [4.78, 5) is 4.35. The maximum absolute atomic E-state index is 8.92. The van der Waals surface area contributed by atoms with E-state index in [4.69, 9.17) is 5.26 Å². The predicted octanol–water partition coefficient (Wildman–Crippen LogP) is 3.99. The highest BCUT2D eigenvalue weighted by Gasteiger charge is 2.03. The molecule has 1 heterocycles. The summed E-state index contributed by atoms with van der Waals surface area (Å²) in [6.45, 7) is 0. The molecule has 1 aromatic heterocycles. The average Bonchev–Trinajstić information content (AvgIpc) is 2.55. The number of benzene rings is 2. The van der Waals surface area contributed by atoms with E-state index in [-0.39, 0.29) is 0 Å². The molecule has 2 N–H and O–H groups in total. The SMILES string of the molecule is N#Cc1cccc(Nc2nncc(Nc3cccc(Br)c3)n2)c1. The quantitative estimate of drug-likeness (QED) is 0.725. The Hall–Kier alpha value is -2.98. The minimum Gasteiger partial charge on any atom is -0.339 e. The van der Waals surface area contributed by atoms with Gasteiger partial charge in [-0.1, -0.05) is 28.1 Å². The molecule has 0 saturated heterocycles. The van der Waals surface area contributed by atoms with E-state index in [1.54, 1.807) is 18.2 Å². The molecule has 0 saturated carbocycles. The van der Waals surface area contributed by atoms with Crippen molar-refractivity contribution < 1.29 is 0 Å². The van der Waals surface area contributed by atoms with E-state index < -0.39 is 0 Å². The molecule has 0 aliphatic heterocycles. The minimum atomic E-state index is 0.347. The number of hydrogen-bond donors (Lipinski definition) is 2. The number of rotatable bonds is 4. The maximum atomic E-state index is 8.92. The number of hydrogen-bond acceptors (Lipinski definition) is 6. The van der Waals surface area contributed by atoms with Crippen LogP contribution in [0, 0.1) is 11.3 Å². The van der Waals surface area contributed by atoms with Crippen LogP contribution in [0.1, 0.15) is 5.56 Å². The van der Waals surface area contributed by atoms with Gasteiger partial charge in [0.2, 0.25) is 5.95 Å². The van der Waals surface area contributed by atoms with Gasteiger partial charge in [-0.05, 0) is 36.4 Å². The second kappa shape index (κ2) is 6.85. The number of anilines is 4. The van der Waals surface area contributed by atoms with Crippen LogP contribution in [0.4, 0.5) is 23.1 Å². The molecule has 23 heavy (non-hydrogen) atoms. The van der Waals surface area contributed by atoms with Crippen molar-refractivity contribution in [3.05, 3.63) is 64.8 Å². The van der Waals surface area contributed by atoms with Crippen LogP contribution in [0.2, 0.25) is 0 Å². The largest absolute Gasteiger partial charge is 0.339 e. The summed E-state index contributed by atoms with van der Waals surface area (Å²) in [5.41, 5.74) is 2.18.